The van der Waals surface area contributed by atoms with Crippen molar-refractivity contribution in [3.05, 3.63) is 224 Å². The van der Waals surface area contributed by atoms with Gasteiger partial charge in [-0.05, 0) is 97.4 Å². The topological polar surface area (TPSA) is 16.4 Å². The van der Waals surface area contributed by atoms with E-state index in [1.165, 1.54) is 38.2 Å². The van der Waals surface area contributed by atoms with Crippen molar-refractivity contribution in [3.63, 3.8) is 0 Å². The summed E-state index contributed by atoms with van der Waals surface area (Å²) in [6.45, 7) is 0. The fourth-order valence-corrected chi connectivity index (χ4v) is 8.66. The monoisotopic (exact) mass is 739 g/mol. The summed E-state index contributed by atoms with van der Waals surface area (Å²) >= 11 is 0. The van der Waals surface area contributed by atoms with Gasteiger partial charge in [-0.2, -0.15) is 0 Å². The predicted octanol–water partition coefficient (Wildman–Crippen LogP) is 16.0. The first-order chi connectivity index (χ1) is 28.8. The third-order valence-electron chi connectivity index (χ3n) is 11.5. The number of para-hydroxylation sites is 2. The zero-order chi connectivity index (χ0) is 38.4. The summed E-state index contributed by atoms with van der Waals surface area (Å²) in [4.78, 5) is 2.44. The predicted molar refractivity (Wildman–Crippen MR) is 245 cm³/mol. The van der Waals surface area contributed by atoms with E-state index in [-0.39, 0.29) is 0 Å². The first kappa shape index (κ1) is 33.6. The van der Waals surface area contributed by atoms with E-state index in [4.69, 9.17) is 4.42 Å². The lowest BCUT2D eigenvalue weighted by Crippen LogP contribution is -2.12. The summed E-state index contributed by atoms with van der Waals surface area (Å²) in [7, 11) is 0. The molecule has 58 heavy (non-hydrogen) atoms. The van der Waals surface area contributed by atoms with Gasteiger partial charge in [0, 0.05) is 22.2 Å². The Hall–Kier alpha value is -7.68. The summed E-state index contributed by atoms with van der Waals surface area (Å²) in [5, 5.41) is 7.00. The quantitative estimate of drug-likeness (QED) is 0.162. The van der Waals surface area contributed by atoms with Crippen LogP contribution in [-0.4, -0.2) is 0 Å². The fraction of sp³-hybridized carbons (Fsp3) is 0. The van der Waals surface area contributed by atoms with Gasteiger partial charge in [0.25, 0.3) is 0 Å². The maximum atomic E-state index is 6.90. The molecule has 0 amide bonds. The second kappa shape index (κ2) is 14.1. The number of anilines is 3. The SMILES string of the molecule is c1ccc(-c2ccc(-c3cccc(N(c4ccccc4-c4cccc5ccccc45)c4ccc(-c5ccc6ccccc6c5)c5oc6ccccc6c45)c3)cc2)cc1. The molecule has 0 spiro atoms. The molecule has 10 aromatic carbocycles. The third-order valence-corrected chi connectivity index (χ3v) is 11.5. The maximum Gasteiger partial charge on any atom is 0.145 e. The van der Waals surface area contributed by atoms with Crippen LogP contribution in [0.3, 0.4) is 0 Å². The van der Waals surface area contributed by atoms with E-state index in [1.54, 1.807) is 0 Å². The standard InChI is InChI=1S/C56H37NO/c1-2-14-38(15-3-1)40-28-30-41(31-29-40)44-20-12-21-46(37-44)57(52-26-10-8-23-50(52)49-25-13-19-42-17-6-7-22-47(42)49)53-35-34-48(45-33-32-39-16-4-5-18-43(39)36-45)56-55(53)51-24-9-11-27-54(51)58-56/h1-37H. The molecule has 1 aromatic heterocycles. The number of nitrogens with zero attached hydrogens (tertiary/aromatic N) is 1. The highest BCUT2D eigenvalue weighted by molar-refractivity contribution is 6.18. The number of fused-ring (bicyclic) bond motifs is 5. The Kier molecular flexibility index (Phi) is 8.19. The third kappa shape index (κ3) is 5.82. The Morgan fingerprint density at radius 3 is 1.78 bits per heavy atom. The van der Waals surface area contributed by atoms with Gasteiger partial charge in [0.1, 0.15) is 11.2 Å². The van der Waals surface area contributed by atoms with Gasteiger partial charge in [-0.1, -0.05) is 182 Å². The first-order valence-electron chi connectivity index (χ1n) is 19.8. The average Bonchev–Trinajstić information content (AvgIpc) is 3.70. The Morgan fingerprint density at radius 2 is 0.914 bits per heavy atom. The molecule has 0 bridgehead atoms. The molecular weight excluding hydrogens is 703 g/mol. The van der Waals surface area contributed by atoms with Crippen molar-refractivity contribution in [3.8, 4) is 44.5 Å². The zero-order valence-electron chi connectivity index (χ0n) is 31.7. The van der Waals surface area contributed by atoms with Gasteiger partial charge in [0.15, 0.2) is 0 Å². The van der Waals surface area contributed by atoms with Crippen LogP contribution in [0, 0.1) is 0 Å². The van der Waals surface area contributed by atoms with Crippen LogP contribution in [-0.2, 0) is 0 Å². The molecule has 0 atom stereocenters. The summed E-state index contributed by atoms with van der Waals surface area (Å²) in [5.41, 5.74) is 14.2. The first-order valence-corrected chi connectivity index (χ1v) is 19.8. The Labute approximate surface area is 337 Å². The van der Waals surface area contributed by atoms with Crippen molar-refractivity contribution in [2.45, 2.75) is 0 Å². The molecule has 0 fully saturated rings. The smallest absolute Gasteiger partial charge is 0.145 e. The Balaban J connectivity index is 1.16. The van der Waals surface area contributed by atoms with Gasteiger partial charge in [-0.3, -0.25) is 0 Å². The van der Waals surface area contributed by atoms with Crippen LogP contribution in [0.1, 0.15) is 0 Å². The van der Waals surface area contributed by atoms with Crippen LogP contribution < -0.4 is 4.90 Å². The Bertz CT molecular complexity index is 3280. The van der Waals surface area contributed by atoms with Crippen LogP contribution in [0.5, 0.6) is 0 Å². The largest absolute Gasteiger partial charge is 0.455 e. The molecule has 0 aliphatic rings. The highest BCUT2D eigenvalue weighted by Gasteiger charge is 2.25. The second-order valence-corrected chi connectivity index (χ2v) is 14.9. The molecule has 1 heterocycles. The van der Waals surface area contributed by atoms with Gasteiger partial charge < -0.3 is 9.32 Å². The van der Waals surface area contributed by atoms with E-state index in [1.807, 2.05) is 0 Å². The minimum Gasteiger partial charge on any atom is -0.455 e. The number of benzene rings is 10. The van der Waals surface area contributed by atoms with Crippen LogP contribution >= 0.6 is 0 Å². The van der Waals surface area contributed by atoms with Crippen LogP contribution in [0.4, 0.5) is 17.1 Å². The zero-order valence-corrected chi connectivity index (χ0v) is 31.7. The molecule has 0 saturated carbocycles. The fourth-order valence-electron chi connectivity index (χ4n) is 8.66. The summed E-state index contributed by atoms with van der Waals surface area (Å²) in [5.74, 6) is 0. The number of hydrogen-bond acceptors (Lipinski definition) is 2. The molecule has 2 heteroatoms. The van der Waals surface area contributed by atoms with Gasteiger partial charge in [-0.25, -0.2) is 0 Å². The lowest BCUT2D eigenvalue weighted by atomic mass is 9.94. The molecular formula is C56H37NO. The maximum absolute atomic E-state index is 6.90. The lowest BCUT2D eigenvalue weighted by Gasteiger charge is -2.29. The molecule has 11 rings (SSSR count). The summed E-state index contributed by atoms with van der Waals surface area (Å²) in [6, 6.07) is 80.7. The van der Waals surface area contributed by atoms with Crippen LogP contribution in [0.15, 0.2) is 229 Å². The molecule has 0 aliphatic heterocycles. The highest BCUT2D eigenvalue weighted by Crippen LogP contribution is 2.49. The highest BCUT2D eigenvalue weighted by atomic mass is 16.3. The van der Waals surface area contributed by atoms with E-state index in [0.29, 0.717) is 0 Å². The summed E-state index contributed by atoms with van der Waals surface area (Å²) < 4.78 is 6.90. The van der Waals surface area contributed by atoms with E-state index in [2.05, 4.69) is 229 Å². The van der Waals surface area contributed by atoms with E-state index >= 15 is 0 Å². The molecule has 0 N–H and O–H groups in total. The normalized spacial score (nSPS) is 11.4. The lowest BCUT2D eigenvalue weighted by molar-refractivity contribution is 0.670. The average molecular weight is 740 g/mol. The number of hydrogen-bond donors (Lipinski definition) is 0. The molecule has 272 valence electrons. The van der Waals surface area contributed by atoms with Gasteiger partial charge >= 0.3 is 0 Å². The molecule has 2 nitrogen and oxygen atoms in total. The van der Waals surface area contributed by atoms with Crippen molar-refractivity contribution in [1.29, 1.82) is 0 Å². The van der Waals surface area contributed by atoms with Crippen molar-refractivity contribution >= 4 is 60.5 Å². The van der Waals surface area contributed by atoms with Crippen molar-refractivity contribution in [2.24, 2.45) is 0 Å². The van der Waals surface area contributed by atoms with Crippen molar-refractivity contribution in [2.75, 3.05) is 4.90 Å². The van der Waals surface area contributed by atoms with E-state index in [9.17, 15) is 0 Å². The summed E-state index contributed by atoms with van der Waals surface area (Å²) in [6.07, 6.45) is 0. The van der Waals surface area contributed by atoms with Gasteiger partial charge in [-0.15, -0.1) is 0 Å². The molecule has 11 aromatic rings. The van der Waals surface area contributed by atoms with Crippen LogP contribution in [0.25, 0.3) is 88.0 Å². The molecule has 0 unspecified atom stereocenters. The van der Waals surface area contributed by atoms with Crippen molar-refractivity contribution in [1.82, 2.24) is 0 Å². The van der Waals surface area contributed by atoms with Gasteiger partial charge in [0.2, 0.25) is 0 Å². The minimum absolute atomic E-state index is 0.863. The molecule has 0 saturated heterocycles. The van der Waals surface area contributed by atoms with E-state index < -0.39 is 0 Å². The van der Waals surface area contributed by atoms with Crippen LogP contribution in [0.2, 0.25) is 0 Å². The van der Waals surface area contributed by atoms with E-state index in [0.717, 1.165) is 66.8 Å². The van der Waals surface area contributed by atoms with Crippen molar-refractivity contribution < 1.29 is 4.42 Å². The number of furan rings is 1. The minimum atomic E-state index is 0.863. The number of rotatable bonds is 7. The Morgan fingerprint density at radius 1 is 0.310 bits per heavy atom. The molecule has 0 aliphatic carbocycles. The second-order valence-electron chi connectivity index (χ2n) is 14.9. The van der Waals surface area contributed by atoms with Gasteiger partial charge in [0.05, 0.1) is 16.8 Å². The molecule has 0 radical (unpaired) electrons.